The molecule has 12 nitrogen and oxygen atoms in total. The number of aliphatic hydroxyl groups is 9. The molecule has 0 aromatic rings. The topological polar surface area (TPSA) is 218 Å². The van der Waals surface area contributed by atoms with Crippen LogP contribution in [0.5, 0.6) is 0 Å². The predicted octanol–water partition coefficient (Wildman–Crippen LogP) is -3.46. The summed E-state index contributed by atoms with van der Waals surface area (Å²) in [5.41, 5.74) is -2.71. The van der Waals surface area contributed by atoms with Crippen molar-refractivity contribution in [3.8, 4) is 0 Å². The number of rotatable bonds is 6. The number of hydrogen-bond donors (Lipinski definition) is 9. The van der Waals surface area contributed by atoms with Crippen molar-refractivity contribution >= 4 is 5.97 Å². The van der Waals surface area contributed by atoms with Gasteiger partial charge in [0.1, 0.15) is 36.6 Å². The minimum absolute atomic E-state index is 0.457. The average Bonchev–Trinajstić information content (AvgIpc) is 2.84. The maximum atomic E-state index is 11.7. The van der Waals surface area contributed by atoms with Crippen LogP contribution in [0.3, 0.4) is 0 Å². The zero-order chi connectivity index (χ0) is 21.6. The van der Waals surface area contributed by atoms with Gasteiger partial charge in [0.25, 0.3) is 0 Å². The smallest absolute Gasteiger partial charge is 0.378 e. The molecule has 2 aliphatic rings. The van der Waals surface area contributed by atoms with Gasteiger partial charge in [0.2, 0.25) is 17.1 Å². The van der Waals surface area contributed by atoms with Crippen molar-refractivity contribution in [3.05, 3.63) is 11.5 Å². The van der Waals surface area contributed by atoms with Gasteiger partial charge >= 0.3 is 5.97 Å². The van der Waals surface area contributed by atoms with E-state index < -0.39 is 84.4 Å². The van der Waals surface area contributed by atoms with Crippen LogP contribution in [-0.4, -0.2) is 107 Å². The third-order valence-electron chi connectivity index (χ3n) is 5.01. The normalized spacial score (nSPS) is 38.1. The van der Waals surface area contributed by atoms with Gasteiger partial charge in [-0.05, 0) is 5.92 Å². The maximum absolute atomic E-state index is 11.7. The van der Waals surface area contributed by atoms with Crippen LogP contribution in [0.25, 0.3) is 0 Å². The Bertz CT molecular complexity index is 629. The van der Waals surface area contributed by atoms with E-state index in [4.69, 9.17) is 9.47 Å². The van der Waals surface area contributed by atoms with E-state index in [0.717, 1.165) is 0 Å². The summed E-state index contributed by atoms with van der Waals surface area (Å²) < 4.78 is 9.92. The van der Waals surface area contributed by atoms with Crippen LogP contribution < -0.4 is 0 Å². The second-order valence-electron chi connectivity index (χ2n) is 7.48. The van der Waals surface area contributed by atoms with Gasteiger partial charge in [0.15, 0.2) is 5.76 Å². The molecule has 2 unspecified atom stereocenters. The zero-order valence-corrected chi connectivity index (χ0v) is 15.2. The minimum Gasteiger partial charge on any atom is -0.505 e. The molecule has 1 fully saturated rings. The van der Waals surface area contributed by atoms with Crippen molar-refractivity contribution in [1.29, 1.82) is 0 Å². The molecule has 2 heterocycles. The second kappa shape index (κ2) is 7.72. The molecule has 0 amide bonds. The number of hydrogen-bond acceptors (Lipinski definition) is 12. The van der Waals surface area contributed by atoms with E-state index in [2.05, 4.69) is 0 Å². The highest BCUT2D eigenvalue weighted by Crippen LogP contribution is 2.45. The molecule has 2 rings (SSSR count). The summed E-state index contributed by atoms with van der Waals surface area (Å²) in [7, 11) is 0. The van der Waals surface area contributed by atoms with Crippen LogP contribution in [0.4, 0.5) is 0 Å². The molecular formula is C16H26O12. The van der Waals surface area contributed by atoms with E-state index in [0.29, 0.717) is 0 Å². The Morgan fingerprint density at radius 3 is 2.11 bits per heavy atom. The van der Waals surface area contributed by atoms with Crippen LogP contribution in [0, 0.1) is 5.92 Å². The Morgan fingerprint density at radius 2 is 1.68 bits per heavy atom. The molecule has 7 atom stereocenters. The Hall–Kier alpha value is -1.51. The van der Waals surface area contributed by atoms with Crippen molar-refractivity contribution in [2.24, 2.45) is 5.92 Å². The number of cyclic esters (lactones) is 1. The molecule has 2 aliphatic heterocycles. The Labute approximate surface area is 159 Å². The summed E-state index contributed by atoms with van der Waals surface area (Å²) in [6.45, 7) is 2.29. The fourth-order valence-corrected chi connectivity index (χ4v) is 3.51. The zero-order valence-electron chi connectivity index (χ0n) is 15.2. The Kier molecular flexibility index (Phi) is 6.28. The van der Waals surface area contributed by atoms with Gasteiger partial charge in [-0.3, -0.25) is 0 Å². The molecule has 0 radical (unpaired) electrons. The van der Waals surface area contributed by atoms with E-state index in [-0.39, 0.29) is 0 Å². The first-order valence-corrected chi connectivity index (χ1v) is 8.61. The third kappa shape index (κ3) is 3.35. The van der Waals surface area contributed by atoms with Crippen molar-refractivity contribution in [2.45, 2.75) is 68.3 Å². The van der Waals surface area contributed by atoms with Crippen LogP contribution in [0.15, 0.2) is 11.5 Å². The van der Waals surface area contributed by atoms with Gasteiger partial charge in [-0.1, -0.05) is 13.8 Å². The lowest BCUT2D eigenvalue weighted by molar-refractivity contribution is -0.349. The number of aliphatic hydroxyl groups excluding tert-OH is 7. The van der Waals surface area contributed by atoms with E-state index in [1.165, 1.54) is 0 Å². The molecule has 0 aromatic carbocycles. The highest BCUT2D eigenvalue weighted by Gasteiger charge is 2.67. The Morgan fingerprint density at radius 1 is 1.11 bits per heavy atom. The summed E-state index contributed by atoms with van der Waals surface area (Å²) in [6, 6.07) is 0. The standard InChI is InChI=1S/C16H26O12/c1-5(2)3-15(12(22)10(21)14(24)28-15)16(25,26)13(23)11-9(20)8(19)7(18)6(4-17)27-11/h5-9,11,13,17-23,25-26H,3-4H2,1-2H3/t6-,7-,8+,9-,11?,13?,15+/m1/s1. The molecule has 0 aliphatic carbocycles. The summed E-state index contributed by atoms with van der Waals surface area (Å²) in [4.78, 5) is 11.7. The molecule has 0 saturated carbocycles. The first kappa shape index (κ1) is 22.8. The first-order valence-electron chi connectivity index (χ1n) is 8.61. The monoisotopic (exact) mass is 410 g/mol. The van der Waals surface area contributed by atoms with Gasteiger partial charge in [0, 0.05) is 6.42 Å². The minimum atomic E-state index is -3.52. The lowest BCUT2D eigenvalue weighted by atomic mass is 9.77. The van der Waals surface area contributed by atoms with Crippen LogP contribution >= 0.6 is 0 Å². The SMILES string of the molecule is CC(C)C[C@]1(C(O)(O)C(O)C2O[C@H](CO)[C@@H](O)[C@H](O)[C@H]2O)OC(=O)C(O)=C1O. The summed E-state index contributed by atoms with van der Waals surface area (Å²) in [5, 5.41) is 90.7. The molecule has 0 aromatic heterocycles. The number of esters is 1. The van der Waals surface area contributed by atoms with Crippen molar-refractivity contribution in [3.63, 3.8) is 0 Å². The van der Waals surface area contributed by atoms with Crippen LogP contribution in [0.2, 0.25) is 0 Å². The fourth-order valence-electron chi connectivity index (χ4n) is 3.51. The highest BCUT2D eigenvalue weighted by molar-refractivity contribution is 5.90. The molecule has 1 saturated heterocycles. The fraction of sp³-hybridized carbons (Fsp3) is 0.812. The summed E-state index contributed by atoms with van der Waals surface area (Å²) >= 11 is 0. The van der Waals surface area contributed by atoms with Crippen LogP contribution in [0.1, 0.15) is 20.3 Å². The number of carbonyl (C=O) groups is 1. The first-order chi connectivity index (χ1) is 12.8. The lowest BCUT2D eigenvalue weighted by Gasteiger charge is -2.48. The molecular weight excluding hydrogens is 384 g/mol. The van der Waals surface area contributed by atoms with Crippen molar-refractivity contribution in [2.75, 3.05) is 6.61 Å². The van der Waals surface area contributed by atoms with Crippen molar-refractivity contribution < 1.29 is 60.2 Å². The largest absolute Gasteiger partial charge is 0.505 e. The highest BCUT2D eigenvalue weighted by atomic mass is 16.6. The quantitative estimate of drug-likeness (QED) is 0.154. The molecule has 0 spiro atoms. The maximum Gasteiger partial charge on any atom is 0.378 e. The predicted molar refractivity (Wildman–Crippen MR) is 87.5 cm³/mol. The lowest BCUT2D eigenvalue weighted by Crippen LogP contribution is -2.71. The molecule has 162 valence electrons. The number of ether oxygens (including phenoxy) is 2. The van der Waals surface area contributed by atoms with E-state index in [1.807, 2.05) is 0 Å². The van der Waals surface area contributed by atoms with Gasteiger partial charge in [-0.25, -0.2) is 4.79 Å². The van der Waals surface area contributed by atoms with E-state index in [9.17, 15) is 50.8 Å². The van der Waals surface area contributed by atoms with Gasteiger partial charge < -0.3 is 55.4 Å². The van der Waals surface area contributed by atoms with E-state index in [1.54, 1.807) is 13.8 Å². The molecule has 28 heavy (non-hydrogen) atoms. The van der Waals surface area contributed by atoms with Gasteiger partial charge in [0.05, 0.1) is 6.61 Å². The van der Waals surface area contributed by atoms with Crippen molar-refractivity contribution in [1.82, 2.24) is 0 Å². The average molecular weight is 410 g/mol. The van der Waals surface area contributed by atoms with Gasteiger partial charge in [-0.15, -0.1) is 0 Å². The van der Waals surface area contributed by atoms with Crippen LogP contribution in [-0.2, 0) is 14.3 Å². The Balaban J connectivity index is 2.46. The third-order valence-corrected chi connectivity index (χ3v) is 5.01. The van der Waals surface area contributed by atoms with E-state index >= 15 is 0 Å². The summed E-state index contributed by atoms with van der Waals surface area (Å²) in [5.74, 6) is -7.96. The van der Waals surface area contributed by atoms with Gasteiger partial charge in [-0.2, -0.15) is 0 Å². The second-order valence-corrected chi connectivity index (χ2v) is 7.48. The molecule has 0 bridgehead atoms. The summed E-state index contributed by atoms with van der Waals surface area (Å²) in [6.07, 6.45) is -12.2. The molecule has 9 N–H and O–H groups in total. The molecule has 12 heteroatoms. The number of carbonyl (C=O) groups excluding carboxylic acids is 1.